The number of nitrogens with zero attached hydrogens (tertiary/aromatic N) is 1. The van der Waals surface area contributed by atoms with E-state index in [-0.39, 0.29) is 6.03 Å². The molecular formula is C15H22N2OS. The maximum Gasteiger partial charge on any atom is 0.317 e. The van der Waals surface area contributed by atoms with Crippen LogP contribution in [0.1, 0.15) is 32.3 Å². The molecule has 0 bridgehead atoms. The molecule has 1 aromatic carbocycles. The monoisotopic (exact) mass is 278 g/mol. The first-order valence-electron chi connectivity index (χ1n) is 6.97. The number of carbonyl (C=O) groups is 1. The van der Waals surface area contributed by atoms with Crippen molar-refractivity contribution in [2.45, 2.75) is 44.2 Å². The van der Waals surface area contributed by atoms with E-state index in [4.69, 9.17) is 0 Å². The van der Waals surface area contributed by atoms with E-state index in [1.165, 1.54) is 10.5 Å². The summed E-state index contributed by atoms with van der Waals surface area (Å²) in [5, 5.41) is 3.02. The number of benzene rings is 1. The average Bonchev–Trinajstić information content (AvgIpc) is 2.83. The molecule has 0 radical (unpaired) electrons. The Morgan fingerprint density at radius 1 is 1.53 bits per heavy atom. The number of thioether (sulfide) groups is 1. The Bertz CT molecular complexity index is 436. The summed E-state index contributed by atoms with van der Waals surface area (Å²) >= 11 is 1.83. The molecular weight excluding hydrogens is 256 g/mol. The van der Waals surface area contributed by atoms with Crippen LogP contribution in [-0.2, 0) is 6.54 Å². The zero-order chi connectivity index (χ0) is 13.7. The molecule has 3 nitrogen and oxygen atoms in total. The van der Waals surface area contributed by atoms with Gasteiger partial charge in [0.25, 0.3) is 0 Å². The van der Waals surface area contributed by atoms with Crippen molar-refractivity contribution >= 4 is 17.8 Å². The van der Waals surface area contributed by atoms with Crippen molar-refractivity contribution in [3.05, 3.63) is 29.8 Å². The Hall–Kier alpha value is -1.16. The maximum atomic E-state index is 12.0. The van der Waals surface area contributed by atoms with Gasteiger partial charge in [0.1, 0.15) is 0 Å². The number of amides is 2. The largest absolute Gasteiger partial charge is 0.334 e. The van der Waals surface area contributed by atoms with Crippen molar-refractivity contribution in [1.82, 2.24) is 10.2 Å². The lowest BCUT2D eigenvalue weighted by atomic mass is 10.2. The van der Waals surface area contributed by atoms with Gasteiger partial charge in [-0.15, -0.1) is 11.8 Å². The Kier molecular flexibility index (Phi) is 5.14. The first-order valence-corrected chi connectivity index (χ1v) is 7.95. The summed E-state index contributed by atoms with van der Waals surface area (Å²) in [6.45, 7) is 5.76. The maximum absolute atomic E-state index is 12.0. The highest BCUT2D eigenvalue weighted by molar-refractivity contribution is 7.99. The smallest absolute Gasteiger partial charge is 0.317 e. The summed E-state index contributed by atoms with van der Waals surface area (Å²) < 4.78 is 0. The molecule has 1 saturated heterocycles. The molecule has 1 aromatic rings. The van der Waals surface area contributed by atoms with Crippen molar-refractivity contribution in [3.8, 4) is 0 Å². The summed E-state index contributed by atoms with van der Waals surface area (Å²) in [7, 11) is 0. The lowest BCUT2D eigenvalue weighted by molar-refractivity contribution is 0.195. The molecule has 4 heteroatoms. The number of likely N-dealkylation sites (tertiary alicyclic amines) is 1. The Balaban J connectivity index is 1.87. The summed E-state index contributed by atoms with van der Waals surface area (Å²) in [5.74, 6) is 1.07. The van der Waals surface area contributed by atoms with Gasteiger partial charge in [-0.1, -0.05) is 19.1 Å². The minimum absolute atomic E-state index is 0.0681. The molecule has 1 N–H and O–H groups in total. The van der Waals surface area contributed by atoms with Crippen LogP contribution in [0.3, 0.4) is 0 Å². The van der Waals surface area contributed by atoms with E-state index in [0.717, 1.165) is 25.1 Å². The highest BCUT2D eigenvalue weighted by Crippen LogP contribution is 2.19. The van der Waals surface area contributed by atoms with Gasteiger partial charge < -0.3 is 10.2 Å². The van der Waals surface area contributed by atoms with Gasteiger partial charge in [0.2, 0.25) is 0 Å². The third kappa shape index (κ3) is 3.90. The zero-order valence-electron chi connectivity index (χ0n) is 11.7. The van der Waals surface area contributed by atoms with Gasteiger partial charge in [-0.3, -0.25) is 0 Å². The van der Waals surface area contributed by atoms with E-state index < -0.39 is 0 Å². The fourth-order valence-electron chi connectivity index (χ4n) is 2.43. The predicted molar refractivity (Wildman–Crippen MR) is 80.5 cm³/mol. The molecule has 2 rings (SSSR count). The van der Waals surface area contributed by atoms with E-state index in [0.29, 0.717) is 12.6 Å². The highest BCUT2D eigenvalue weighted by Gasteiger charge is 2.24. The molecule has 1 fully saturated rings. The third-order valence-corrected chi connectivity index (χ3v) is 4.34. The van der Waals surface area contributed by atoms with E-state index in [2.05, 4.69) is 43.4 Å². The van der Waals surface area contributed by atoms with Crippen molar-refractivity contribution in [1.29, 1.82) is 0 Å². The average molecular weight is 278 g/mol. The Morgan fingerprint density at radius 3 is 3.05 bits per heavy atom. The second kappa shape index (κ2) is 6.85. The lowest BCUT2D eigenvalue weighted by Crippen LogP contribution is -2.41. The molecule has 0 aromatic heterocycles. The predicted octanol–water partition coefficient (Wildman–Crippen LogP) is 3.49. The van der Waals surface area contributed by atoms with Crippen molar-refractivity contribution < 1.29 is 4.79 Å². The second-order valence-electron chi connectivity index (χ2n) is 4.92. The number of nitrogens with one attached hydrogen (secondary N) is 1. The zero-order valence-corrected chi connectivity index (χ0v) is 12.5. The molecule has 19 heavy (non-hydrogen) atoms. The number of hydrogen-bond donors (Lipinski definition) is 1. The molecule has 104 valence electrons. The topological polar surface area (TPSA) is 32.3 Å². The quantitative estimate of drug-likeness (QED) is 0.855. The minimum Gasteiger partial charge on any atom is -0.334 e. The van der Waals surface area contributed by atoms with Crippen LogP contribution in [0.5, 0.6) is 0 Å². The van der Waals surface area contributed by atoms with Crippen LogP contribution in [-0.4, -0.2) is 29.3 Å². The fraction of sp³-hybridized carbons (Fsp3) is 0.533. The van der Waals surface area contributed by atoms with Crippen LogP contribution in [0.4, 0.5) is 4.79 Å². The molecule has 0 spiro atoms. The SMILES string of the molecule is CCSc1cccc(CNC(=O)N2CCC[C@H]2C)c1. The second-order valence-corrected chi connectivity index (χ2v) is 6.26. The van der Waals surface area contributed by atoms with Crippen LogP contribution in [0.25, 0.3) is 0 Å². The summed E-state index contributed by atoms with van der Waals surface area (Å²) in [4.78, 5) is 15.3. The molecule has 0 aliphatic carbocycles. The van der Waals surface area contributed by atoms with E-state index in [1.54, 1.807) is 0 Å². The molecule has 1 atom stereocenters. The van der Waals surface area contributed by atoms with Crippen molar-refractivity contribution in [2.24, 2.45) is 0 Å². The summed E-state index contributed by atoms with van der Waals surface area (Å²) in [6.07, 6.45) is 2.24. The number of hydrogen-bond acceptors (Lipinski definition) is 2. The van der Waals surface area contributed by atoms with Gasteiger partial charge in [-0.25, -0.2) is 4.79 Å². The Morgan fingerprint density at radius 2 is 2.37 bits per heavy atom. The van der Waals surface area contributed by atoms with Crippen LogP contribution in [0.15, 0.2) is 29.2 Å². The fourth-order valence-corrected chi connectivity index (χ4v) is 3.17. The molecule has 1 heterocycles. The minimum atomic E-state index is 0.0681. The van der Waals surface area contributed by atoms with Gasteiger partial charge in [0.15, 0.2) is 0 Å². The van der Waals surface area contributed by atoms with Crippen LogP contribution < -0.4 is 5.32 Å². The molecule has 0 saturated carbocycles. The molecule has 1 aliphatic rings. The van der Waals surface area contributed by atoms with Gasteiger partial charge in [-0.2, -0.15) is 0 Å². The number of carbonyl (C=O) groups excluding carboxylic acids is 1. The van der Waals surface area contributed by atoms with Crippen LogP contribution in [0.2, 0.25) is 0 Å². The van der Waals surface area contributed by atoms with Crippen LogP contribution >= 0.6 is 11.8 Å². The first kappa shape index (κ1) is 14.3. The number of rotatable bonds is 4. The van der Waals surface area contributed by atoms with Gasteiger partial charge in [0.05, 0.1) is 0 Å². The first-order chi connectivity index (χ1) is 9.20. The Labute approximate surface area is 119 Å². The van der Waals surface area contributed by atoms with Gasteiger partial charge >= 0.3 is 6.03 Å². The highest BCUT2D eigenvalue weighted by atomic mass is 32.2. The number of urea groups is 1. The van der Waals surface area contributed by atoms with E-state index >= 15 is 0 Å². The summed E-state index contributed by atoms with van der Waals surface area (Å²) in [5.41, 5.74) is 1.17. The third-order valence-electron chi connectivity index (χ3n) is 3.47. The lowest BCUT2D eigenvalue weighted by Gasteiger charge is -2.21. The normalized spacial score (nSPS) is 18.6. The standard InChI is InChI=1S/C15H22N2OS/c1-3-19-14-8-4-7-13(10-14)11-16-15(18)17-9-5-6-12(17)2/h4,7-8,10,12H,3,5-6,9,11H2,1-2H3,(H,16,18)/t12-/m1/s1. The molecule has 2 amide bonds. The van der Waals surface area contributed by atoms with Gasteiger partial charge in [-0.05, 0) is 43.2 Å². The van der Waals surface area contributed by atoms with Crippen LogP contribution in [0, 0.1) is 0 Å². The molecule has 0 unspecified atom stereocenters. The van der Waals surface area contributed by atoms with Gasteiger partial charge in [0, 0.05) is 24.0 Å². The van der Waals surface area contributed by atoms with E-state index in [1.807, 2.05) is 16.7 Å². The van der Waals surface area contributed by atoms with Crippen molar-refractivity contribution in [2.75, 3.05) is 12.3 Å². The van der Waals surface area contributed by atoms with E-state index in [9.17, 15) is 4.79 Å². The van der Waals surface area contributed by atoms with Crippen molar-refractivity contribution in [3.63, 3.8) is 0 Å². The molecule has 1 aliphatic heterocycles. The summed E-state index contributed by atoms with van der Waals surface area (Å²) in [6, 6.07) is 8.83.